The number of carbonyl (C=O) groups is 3. The first kappa shape index (κ1) is 18.0. The largest absolute Gasteiger partial charge is 0.480 e. The van der Waals surface area contributed by atoms with Crippen LogP contribution in [0.25, 0.3) is 5.53 Å². The highest BCUT2D eigenvalue weighted by atomic mass is 16.4. The molecule has 0 aromatic rings. The Morgan fingerprint density at radius 2 is 1.91 bits per heavy atom. The summed E-state index contributed by atoms with van der Waals surface area (Å²) in [5, 5.41) is 21.3. The summed E-state index contributed by atoms with van der Waals surface area (Å²) < 4.78 is 0. The Kier molecular flexibility index (Phi) is 7.42. The van der Waals surface area contributed by atoms with E-state index in [0.29, 0.717) is 6.21 Å². The number of carbonyl (C=O) groups excluding carboxylic acids is 2. The number of amides is 1. The quantitative estimate of drug-likeness (QED) is 0.332. The molecule has 0 aromatic carbocycles. The summed E-state index contributed by atoms with van der Waals surface area (Å²) in [6.45, 7) is 0. The molecule has 3 N–H and O–H groups in total. The van der Waals surface area contributed by atoms with Crippen molar-refractivity contribution in [3.8, 4) is 0 Å². The molecule has 2 atom stereocenters. The van der Waals surface area contributed by atoms with Gasteiger partial charge in [0.05, 0.1) is 0 Å². The fourth-order valence-corrected chi connectivity index (χ4v) is 2.59. The molecule has 8 heteroatoms. The molecule has 1 amide bonds. The number of hydrogen-bond acceptors (Lipinski definition) is 4. The zero-order valence-corrected chi connectivity index (χ0v) is 12.3. The third-order valence-corrected chi connectivity index (χ3v) is 3.86. The lowest BCUT2D eigenvalue weighted by molar-refractivity contribution is -0.144. The molecule has 122 valence electrons. The van der Waals surface area contributed by atoms with Crippen LogP contribution < -0.4 is 5.32 Å². The number of aliphatic carboxylic acids is 1. The van der Waals surface area contributed by atoms with Crippen molar-refractivity contribution in [1.29, 1.82) is 0 Å². The van der Waals surface area contributed by atoms with E-state index in [1.54, 1.807) is 0 Å². The van der Waals surface area contributed by atoms with Gasteiger partial charge in [-0.25, -0.2) is 4.79 Å². The Labute approximate surface area is 128 Å². The Morgan fingerprint density at radius 3 is 2.45 bits per heavy atom. The predicted octanol–water partition coefficient (Wildman–Crippen LogP) is 0.147. The molecular formula is C14H21N3O5. The van der Waals surface area contributed by atoms with Crippen LogP contribution in [0.5, 0.6) is 0 Å². The summed E-state index contributed by atoms with van der Waals surface area (Å²) in [5.74, 6) is -2.69. The molecular weight excluding hydrogens is 290 g/mol. The third kappa shape index (κ3) is 5.75. The Balaban J connectivity index is 2.53. The molecule has 8 nitrogen and oxygen atoms in total. The Bertz CT molecular complexity index is 467. The fraction of sp³-hybridized carbons (Fsp3) is 0.714. The van der Waals surface area contributed by atoms with Crippen LogP contribution in [0.2, 0.25) is 0 Å². The maximum atomic E-state index is 12.0. The Hall–Kier alpha value is -2.05. The van der Waals surface area contributed by atoms with E-state index >= 15 is 0 Å². The zero-order valence-electron chi connectivity index (χ0n) is 12.3. The highest BCUT2D eigenvalue weighted by Crippen LogP contribution is 2.26. The second-order valence-corrected chi connectivity index (χ2v) is 5.49. The minimum absolute atomic E-state index is 0.136. The average Bonchev–Trinajstić information content (AvgIpc) is 2.51. The van der Waals surface area contributed by atoms with Crippen molar-refractivity contribution in [2.24, 2.45) is 5.92 Å². The van der Waals surface area contributed by atoms with Crippen molar-refractivity contribution in [3.63, 3.8) is 0 Å². The second kappa shape index (κ2) is 9.07. The summed E-state index contributed by atoms with van der Waals surface area (Å²) in [5.41, 5.74) is 8.20. The summed E-state index contributed by atoms with van der Waals surface area (Å²) >= 11 is 0. The van der Waals surface area contributed by atoms with E-state index in [1.807, 2.05) is 0 Å². The van der Waals surface area contributed by atoms with Gasteiger partial charge in [-0.05, 0) is 25.2 Å². The molecule has 0 spiro atoms. The normalized spacial score (nSPS) is 17.9. The van der Waals surface area contributed by atoms with Crippen LogP contribution in [-0.4, -0.2) is 51.0 Å². The average molecular weight is 311 g/mol. The lowest BCUT2D eigenvalue weighted by Gasteiger charge is -2.26. The maximum Gasteiger partial charge on any atom is 0.326 e. The fourth-order valence-electron chi connectivity index (χ4n) is 2.59. The zero-order chi connectivity index (χ0) is 16.5. The third-order valence-electron chi connectivity index (χ3n) is 3.86. The van der Waals surface area contributed by atoms with Gasteiger partial charge in [-0.3, -0.25) is 9.59 Å². The van der Waals surface area contributed by atoms with Crippen LogP contribution >= 0.6 is 0 Å². The molecule has 1 saturated carbocycles. The van der Waals surface area contributed by atoms with Gasteiger partial charge in [0.1, 0.15) is 12.1 Å². The first-order valence-electron chi connectivity index (χ1n) is 7.37. The van der Waals surface area contributed by atoms with E-state index in [2.05, 4.69) is 10.1 Å². The van der Waals surface area contributed by atoms with Gasteiger partial charge in [0.2, 0.25) is 11.7 Å². The van der Waals surface area contributed by atoms with Gasteiger partial charge in [0, 0.05) is 6.42 Å². The number of rotatable bonds is 8. The first-order valence-corrected chi connectivity index (χ1v) is 7.37. The van der Waals surface area contributed by atoms with Crippen LogP contribution in [0.15, 0.2) is 0 Å². The molecule has 1 aliphatic carbocycles. The lowest BCUT2D eigenvalue weighted by Crippen LogP contribution is -2.48. The molecule has 1 rings (SSSR count). The maximum absolute atomic E-state index is 12.0. The van der Waals surface area contributed by atoms with E-state index in [-0.39, 0.29) is 18.8 Å². The molecule has 1 aliphatic rings. The van der Waals surface area contributed by atoms with E-state index in [4.69, 9.17) is 10.6 Å². The first-order chi connectivity index (χ1) is 10.5. The molecule has 0 aliphatic heterocycles. The monoisotopic (exact) mass is 311 g/mol. The number of hydrogen-bond donors (Lipinski definition) is 3. The number of nitrogens with one attached hydrogen (secondary N) is 1. The number of aliphatic hydroxyl groups is 1. The predicted molar refractivity (Wildman–Crippen MR) is 76.1 cm³/mol. The minimum atomic E-state index is -1.28. The van der Waals surface area contributed by atoms with Gasteiger partial charge in [-0.15, -0.1) is 0 Å². The highest BCUT2D eigenvalue weighted by molar-refractivity contribution is 6.25. The van der Waals surface area contributed by atoms with Crippen LogP contribution in [0.1, 0.15) is 44.9 Å². The summed E-state index contributed by atoms with van der Waals surface area (Å²) in [6, 6.07) is -1.26. The smallest absolute Gasteiger partial charge is 0.326 e. The van der Waals surface area contributed by atoms with Gasteiger partial charge in [0.25, 0.3) is 0 Å². The molecule has 0 radical (unpaired) electrons. The van der Waals surface area contributed by atoms with Crippen LogP contribution in [0, 0.1) is 5.92 Å². The van der Waals surface area contributed by atoms with E-state index in [9.17, 15) is 19.5 Å². The number of ketones is 1. The van der Waals surface area contributed by atoms with Gasteiger partial charge in [-0.1, -0.05) is 19.3 Å². The van der Waals surface area contributed by atoms with Crippen molar-refractivity contribution < 1.29 is 29.4 Å². The van der Waals surface area contributed by atoms with Crippen molar-refractivity contribution in [3.05, 3.63) is 5.53 Å². The number of carboxylic acids is 1. The molecule has 0 heterocycles. The number of carboxylic acid groups (broad SMARTS) is 1. The van der Waals surface area contributed by atoms with Crippen molar-refractivity contribution >= 4 is 23.9 Å². The van der Waals surface area contributed by atoms with Crippen LogP contribution in [0.4, 0.5) is 0 Å². The summed E-state index contributed by atoms with van der Waals surface area (Å²) in [4.78, 5) is 36.8. The van der Waals surface area contributed by atoms with Crippen molar-refractivity contribution in [1.82, 2.24) is 5.32 Å². The van der Waals surface area contributed by atoms with Gasteiger partial charge in [0.15, 0.2) is 0 Å². The van der Waals surface area contributed by atoms with Gasteiger partial charge >= 0.3 is 12.2 Å². The SMILES string of the molecule is [N-]=[N+]=CC(=O)CC[C@H](NC(=O)[C@@H](O)C1CCCCC1)C(=O)O. The van der Waals surface area contributed by atoms with E-state index < -0.39 is 29.8 Å². The topological polar surface area (TPSA) is 140 Å². The summed E-state index contributed by atoms with van der Waals surface area (Å²) in [6.07, 6.45) is 3.62. The summed E-state index contributed by atoms with van der Waals surface area (Å²) in [7, 11) is 0. The van der Waals surface area contributed by atoms with E-state index in [1.165, 1.54) is 0 Å². The highest BCUT2D eigenvalue weighted by Gasteiger charge is 2.30. The lowest BCUT2D eigenvalue weighted by atomic mass is 9.85. The number of Topliss-reactive ketones (excluding diaryl/α,β-unsaturated/α-hetero) is 1. The number of aliphatic hydroxyl groups excluding tert-OH is 1. The molecule has 0 bridgehead atoms. The molecule has 0 saturated heterocycles. The Morgan fingerprint density at radius 1 is 1.27 bits per heavy atom. The molecule has 0 aromatic heterocycles. The van der Waals surface area contributed by atoms with Crippen molar-refractivity contribution in [2.75, 3.05) is 0 Å². The standard InChI is InChI=1S/C14H21N3O5/c15-16-8-10(18)6-7-11(14(21)22)17-13(20)12(19)9-4-2-1-3-5-9/h8-9,11-12,19H,1-7H2,(H,17,20)(H,21,22)/t11-,12-/m0/s1. The molecule has 1 fully saturated rings. The molecule has 22 heavy (non-hydrogen) atoms. The van der Waals surface area contributed by atoms with Crippen LogP contribution in [-0.2, 0) is 14.4 Å². The minimum Gasteiger partial charge on any atom is -0.480 e. The van der Waals surface area contributed by atoms with Gasteiger partial charge < -0.3 is 21.1 Å². The van der Waals surface area contributed by atoms with Gasteiger partial charge in [-0.2, -0.15) is 4.79 Å². The second-order valence-electron chi connectivity index (χ2n) is 5.49. The molecule has 0 unspecified atom stereocenters. The van der Waals surface area contributed by atoms with Crippen molar-refractivity contribution in [2.45, 2.75) is 57.1 Å². The van der Waals surface area contributed by atoms with Crippen LogP contribution in [0.3, 0.4) is 0 Å². The number of nitrogens with zero attached hydrogens (tertiary/aromatic N) is 2. The van der Waals surface area contributed by atoms with E-state index in [0.717, 1.165) is 32.1 Å².